The van der Waals surface area contributed by atoms with Crippen molar-refractivity contribution in [2.75, 3.05) is 26.4 Å². The van der Waals surface area contributed by atoms with Gasteiger partial charge in [0.1, 0.15) is 0 Å². The van der Waals surface area contributed by atoms with Crippen LogP contribution in [-0.2, 0) is 9.47 Å². The van der Waals surface area contributed by atoms with Crippen molar-refractivity contribution in [2.24, 2.45) is 0 Å². The lowest BCUT2D eigenvalue weighted by molar-refractivity contribution is -0.00712. The average Bonchev–Trinajstić information content (AvgIpc) is 2.84. The van der Waals surface area contributed by atoms with E-state index in [1.807, 2.05) is 6.92 Å². The Morgan fingerprint density at radius 1 is 1.29 bits per heavy atom. The number of aliphatic hydroxyl groups excluding tert-OH is 1. The zero-order valence-corrected chi connectivity index (χ0v) is 11.2. The zero-order chi connectivity index (χ0) is 12.5. The largest absolute Gasteiger partial charge is 0.389 e. The summed E-state index contributed by atoms with van der Waals surface area (Å²) >= 11 is 0. The first-order valence-electron chi connectivity index (χ1n) is 6.83. The van der Waals surface area contributed by atoms with Crippen molar-refractivity contribution in [2.45, 2.75) is 57.8 Å². The number of nitrogens with one attached hydrogen (secondary N) is 1. The fraction of sp³-hybridized carbons (Fsp3) is 1.00. The fourth-order valence-electron chi connectivity index (χ4n) is 2.05. The summed E-state index contributed by atoms with van der Waals surface area (Å²) < 4.78 is 11.0. The quantitative estimate of drug-likeness (QED) is 0.643. The van der Waals surface area contributed by atoms with Gasteiger partial charge in [-0.1, -0.05) is 12.8 Å². The molecule has 0 aromatic carbocycles. The molecule has 2 atom stereocenters. The van der Waals surface area contributed by atoms with Gasteiger partial charge in [0.2, 0.25) is 0 Å². The molecule has 4 nitrogen and oxygen atoms in total. The first-order valence-corrected chi connectivity index (χ1v) is 6.83. The molecule has 1 rings (SSSR count). The smallest absolute Gasteiger partial charge is 0.0897 e. The van der Waals surface area contributed by atoms with Gasteiger partial charge in [0.05, 0.1) is 25.4 Å². The van der Waals surface area contributed by atoms with Gasteiger partial charge in [-0.3, -0.25) is 0 Å². The van der Waals surface area contributed by atoms with Crippen molar-refractivity contribution >= 4 is 0 Å². The Bertz CT molecular complexity index is 184. The molecule has 0 aromatic heterocycles. The second-order valence-electron chi connectivity index (χ2n) is 4.86. The van der Waals surface area contributed by atoms with E-state index in [1.54, 1.807) is 0 Å². The topological polar surface area (TPSA) is 50.7 Å². The number of rotatable bonds is 9. The number of hydrogen-bond acceptors (Lipinski definition) is 4. The molecule has 102 valence electrons. The first kappa shape index (κ1) is 14.9. The van der Waals surface area contributed by atoms with Crippen LogP contribution in [0.2, 0.25) is 0 Å². The van der Waals surface area contributed by atoms with Crippen LogP contribution in [0.4, 0.5) is 0 Å². The van der Waals surface area contributed by atoms with Crippen molar-refractivity contribution in [1.29, 1.82) is 0 Å². The second-order valence-corrected chi connectivity index (χ2v) is 4.86. The van der Waals surface area contributed by atoms with Crippen molar-refractivity contribution in [3.8, 4) is 0 Å². The van der Waals surface area contributed by atoms with E-state index in [0.29, 0.717) is 25.9 Å². The maximum absolute atomic E-state index is 9.76. The van der Waals surface area contributed by atoms with E-state index in [-0.39, 0.29) is 6.04 Å². The van der Waals surface area contributed by atoms with E-state index in [9.17, 15) is 5.11 Å². The predicted octanol–water partition coefficient (Wildman–Crippen LogP) is 1.32. The SMILES string of the molecule is CCOCC(C)NCC(O)COC1CCCC1. The van der Waals surface area contributed by atoms with Crippen LogP contribution in [0.1, 0.15) is 39.5 Å². The average molecular weight is 245 g/mol. The van der Waals surface area contributed by atoms with Crippen LogP contribution in [0.5, 0.6) is 0 Å². The van der Waals surface area contributed by atoms with Crippen LogP contribution in [-0.4, -0.2) is 49.7 Å². The minimum absolute atomic E-state index is 0.274. The molecule has 0 aromatic rings. The highest BCUT2D eigenvalue weighted by Gasteiger charge is 2.17. The minimum Gasteiger partial charge on any atom is -0.389 e. The van der Waals surface area contributed by atoms with E-state index < -0.39 is 6.10 Å². The standard InChI is InChI=1S/C13H27NO3/c1-3-16-9-11(2)14-8-12(15)10-17-13-6-4-5-7-13/h11-15H,3-10H2,1-2H3. The summed E-state index contributed by atoms with van der Waals surface area (Å²) in [6.45, 7) is 6.48. The Hall–Kier alpha value is -0.160. The molecule has 0 radical (unpaired) electrons. The molecular weight excluding hydrogens is 218 g/mol. The summed E-state index contributed by atoms with van der Waals surface area (Å²) in [6, 6.07) is 0.274. The van der Waals surface area contributed by atoms with Gasteiger partial charge in [-0.15, -0.1) is 0 Å². The van der Waals surface area contributed by atoms with Gasteiger partial charge in [-0.2, -0.15) is 0 Å². The highest BCUT2D eigenvalue weighted by molar-refractivity contribution is 4.69. The second kappa shape index (κ2) is 8.86. The molecule has 0 aliphatic heterocycles. The Balaban J connectivity index is 1.97. The van der Waals surface area contributed by atoms with Gasteiger partial charge in [0.25, 0.3) is 0 Å². The molecular formula is C13H27NO3. The van der Waals surface area contributed by atoms with Crippen LogP contribution < -0.4 is 5.32 Å². The monoisotopic (exact) mass is 245 g/mol. The molecule has 1 saturated carbocycles. The summed E-state index contributed by atoms with van der Waals surface area (Å²) in [4.78, 5) is 0. The van der Waals surface area contributed by atoms with Gasteiger partial charge in [0.15, 0.2) is 0 Å². The fourth-order valence-corrected chi connectivity index (χ4v) is 2.05. The summed E-state index contributed by atoms with van der Waals surface area (Å²) in [7, 11) is 0. The summed E-state index contributed by atoms with van der Waals surface area (Å²) in [5.74, 6) is 0. The normalized spacial score (nSPS) is 20.6. The van der Waals surface area contributed by atoms with Crippen molar-refractivity contribution in [3.05, 3.63) is 0 Å². The molecule has 0 saturated heterocycles. The molecule has 1 fully saturated rings. The lowest BCUT2D eigenvalue weighted by Crippen LogP contribution is -2.38. The third-order valence-corrected chi connectivity index (χ3v) is 3.10. The molecule has 0 amide bonds. The lowest BCUT2D eigenvalue weighted by Gasteiger charge is -2.18. The van der Waals surface area contributed by atoms with Crippen LogP contribution in [0.15, 0.2) is 0 Å². The highest BCUT2D eigenvalue weighted by atomic mass is 16.5. The van der Waals surface area contributed by atoms with Gasteiger partial charge in [-0.05, 0) is 26.7 Å². The highest BCUT2D eigenvalue weighted by Crippen LogP contribution is 2.20. The molecule has 1 aliphatic carbocycles. The number of aliphatic hydroxyl groups is 1. The molecule has 1 aliphatic rings. The summed E-state index contributed by atoms with van der Waals surface area (Å²) in [5.41, 5.74) is 0. The Kier molecular flexibility index (Phi) is 7.77. The van der Waals surface area contributed by atoms with Gasteiger partial charge >= 0.3 is 0 Å². The zero-order valence-electron chi connectivity index (χ0n) is 11.2. The maximum Gasteiger partial charge on any atom is 0.0897 e. The first-order chi connectivity index (χ1) is 8.22. The molecule has 17 heavy (non-hydrogen) atoms. The maximum atomic E-state index is 9.76. The molecule has 2 N–H and O–H groups in total. The van der Waals surface area contributed by atoms with Crippen molar-refractivity contribution in [1.82, 2.24) is 5.32 Å². The van der Waals surface area contributed by atoms with Crippen LogP contribution in [0, 0.1) is 0 Å². The van der Waals surface area contributed by atoms with Gasteiger partial charge in [0, 0.05) is 19.2 Å². The van der Waals surface area contributed by atoms with E-state index in [1.165, 1.54) is 12.8 Å². The van der Waals surface area contributed by atoms with Gasteiger partial charge < -0.3 is 19.9 Å². The van der Waals surface area contributed by atoms with Crippen molar-refractivity contribution < 1.29 is 14.6 Å². The Morgan fingerprint density at radius 2 is 2.00 bits per heavy atom. The number of ether oxygens (including phenoxy) is 2. The number of hydrogen-bond donors (Lipinski definition) is 2. The molecule has 2 unspecified atom stereocenters. The summed E-state index contributed by atoms with van der Waals surface area (Å²) in [5, 5.41) is 13.0. The molecule has 0 spiro atoms. The molecule has 0 bridgehead atoms. The van der Waals surface area contributed by atoms with Crippen LogP contribution in [0.3, 0.4) is 0 Å². The van der Waals surface area contributed by atoms with Crippen LogP contribution in [0.25, 0.3) is 0 Å². The molecule has 4 heteroatoms. The molecule has 0 heterocycles. The Morgan fingerprint density at radius 3 is 2.65 bits per heavy atom. The third kappa shape index (κ3) is 6.99. The third-order valence-electron chi connectivity index (χ3n) is 3.10. The van der Waals surface area contributed by atoms with E-state index >= 15 is 0 Å². The lowest BCUT2D eigenvalue weighted by atomic mass is 10.3. The summed E-state index contributed by atoms with van der Waals surface area (Å²) in [6.07, 6.45) is 4.81. The predicted molar refractivity (Wildman–Crippen MR) is 68.2 cm³/mol. The Labute approximate surface area is 105 Å². The van der Waals surface area contributed by atoms with Crippen LogP contribution >= 0.6 is 0 Å². The van der Waals surface area contributed by atoms with Crippen molar-refractivity contribution in [3.63, 3.8) is 0 Å². The van der Waals surface area contributed by atoms with Gasteiger partial charge in [-0.25, -0.2) is 0 Å². The minimum atomic E-state index is -0.417. The van der Waals surface area contributed by atoms with E-state index in [4.69, 9.17) is 9.47 Å². The van der Waals surface area contributed by atoms with E-state index in [2.05, 4.69) is 12.2 Å². The van der Waals surface area contributed by atoms with E-state index in [0.717, 1.165) is 19.4 Å².